The Balaban J connectivity index is 1.91. The van der Waals surface area contributed by atoms with Crippen molar-refractivity contribution >= 4 is 43.5 Å². The summed E-state index contributed by atoms with van der Waals surface area (Å²) in [6.07, 6.45) is -3.44. The Hall–Kier alpha value is -4.15. The summed E-state index contributed by atoms with van der Waals surface area (Å²) in [5.74, 6) is -5.20. The SMILES string of the molecule is COC(=O)OC(/C=C/CCCO[C@@H]1O[C@H](COC(C)=O)[C@@H](OC(C)=O)[C@H](OC(C)=O)[C@H]1N1C(=O)c2ccccc2C1=O)P(=O)(OC)OC. The van der Waals surface area contributed by atoms with Crippen LogP contribution in [0.5, 0.6) is 0 Å². The maximum atomic E-state index is 13.6. The quantitative estimate of drug-likeness (QED) is 0.0644. The van der Waals surface area contributed by atoms with E-state index in [0.29, 0.717) is 0 Å². The first kappa shape index (κ1) is 38.3. The average molecular weight is 700 g/mol. The number of allylic oxidation sites excluding steroid dienone is 1. The smallest absolute Gasteiger partial charge is 0.463 e. The number of carbonyl (C=O) groups is 6. The van der Waals surface area contributed by atoms with Gasteiger partial charge < -0.3 is 42.2 Å². The van der Waals surface area contributed by atoms with Crippen LogP contribution in [0.2, 0.25) is 0 Å². The van der Waals surface area contributed by atoms with Crippen LogP contribution in [0.3, 0.4) is 0 Å². The number of nitrogens with zero attached hydrogens (tertiary/aromatic N) is 1. The topological polar surface area (TPSA) is 206 Å². The molecule has 1 unspecified atom stereocenters. The van der Waals surface area contributed by atoms with Crippen LogP contribution >= 0.6 is 7.60 Å². The molecule has 0 saturated carbocycles. The molecule has 0 N–H and O–H groups in total. The number of fused-ring (bicyclic) bond motifs is 1. The third kappa shape index (κ3) is 9.26. The Bertz CT molecular complexity index is 1400. The maximum absolute atomic E-state index is 13.6. The van der Waals surface area contributed by atoms with E-state index in [4.69, 9.17) is 37.5 Å². The van der Waals surface area contributed by atoms with E-state index in [1.54, 1.807) is 12.1 Å². The molecule has 6 atom stereocenters. The molecule has 0 aromatic heterocycles. The molecule has 264 valence electrons. The number of amides is 2. The number of esters is 3. The second kappa shape index (κ2) is 17.3. The molecule has 1 aromatic carbocycles. The Morgan fingerprint density at radius 2 is 1.50 bits per heavy atom. The normalized spacial score (nSPS) is 23.0. The lowest BCUT2D eigenvalue weighted by molar-refractivity contribution is -0.286. The zero-order valence-corrected chi connectivity index (χ0v) is 28.1. The van der Waals surface area contributed by atoms with Crippen LogP contribution in [0.4, 0.5) is 4.79 Å². The number of methoxy groups -OCH3 is 1. The number of imide groups is 1. The highest BCUT2D eigenvalue weighted by Gasteiger charge is 2.57. The van der Waals surface area contributed by atoms with E-state index in [0.717, 1.165) is 47.0 Å². The van der Waals surface area contributed by atoms with Crippen molar-refractivity contribution in [3.05, 3.63) is 47.5 Å². The maximum Gasteiger partial charge on any atom is 0.509 e. The highest BCUT2D eigenvalue weighted by atomic mass is 31.2. The van der Waals surface area contributed by atoms with Gasteiger partial charge in [0.1, 0.15) is 18.8 Å². The molecular formula is C30H38NO16P. The summed E-state index contributed by atoms with van der Waals surface area (Å²) in [7, 11) is -0.571. The first-order valence-electron chi connectivity index (χ1n) is 14.6. The van der Waals surface area contributed by atoms with E-state index in [-0.39, 0.29) is 30.6 Å². The second-order valence-corrected chi connectivity index (χ2v) is 12.6. The van der Waals surface area contributed by atoms with E-state index in [1.165, 1.54) is 24.3 Å². The summed E-state index contributed by atoms with van der Waals surface area (Å²) in [6, 6.07) is 4.61. The molecule has 18 heteroatoms. The summed E-state index contributed by atoms with van der Waals surface area (Å²) in [4.78, 5) is 75.9. The van der Waals surface area contributed by atoms with Crippen LogP contribution < -0.4 is 0 Å². The third-order valence-corrected chi connectivity index (χ3v) is 9.01. The van der Waals surface area contributed by atoms with Crippen molar-refractivity contribution in [2.24, 2.45) is 0 Å². The molecule has 2 aliphatic heterocycles. The molecule has 1 aromatic rings. The Morgan fingerprint density at radius 3 is 2.02 bits per heavy atom. The molecule has 0 aliphatic carbocycles. The fraction of sp³-hybridized carbons (Fsp3) is 0.533. The fourth-order valence-electron chi connectivity index (χ4n) is 5.02. The van der Waals surface area contributed by atoms with Gasteiger partial charge in [0.15, 0.2) is 18.5 Å². The molecule has 48 heavy (non-hydrogen) atoms. The highest BCUT2D eigenvalue weighted by Crippen LogP contribution is 2.52. The lowest BCUT2D eigenvalue weighted by Gasteiger charge is -2.47. The van der Waals surface area contributed by atoms with Crippen LogP contribution in [0.25, 0.3) is 0 Å². The number of hydrogen-bond donors (Lipinski definition) is 0. The van der Waals surface area contributed by atoms with Gasteiger partial charge in [0.25, 0.3) is 11.8 Å². The first-order valence-corrected chi connectivity index (χ1v) is 16.2. The van der Waals surface area contributed by atoms with Gasteiger partial charge in [-0.25, -0.2) is 4.79 Å². The zero-order valence-electron chi connectivity index (χ0n) is 27.2. The molecule has 2 aliphatic rings. The standard InChI is InChI=1S/C30H38NO16P/c1-17(32)43-16-22-25(44-18(2)33)26(45-19(3)34)24(31-27(35)20-12-9-10-13-21(20)28(31)36)29(46-22)42-15-11-7-8-14-23(47-30(37)39-4)48(38,40-5)41-6/h8-10,12-14,22-26,29H,7,11,15-16H2,1-6H3/b14-8+/t22-,23?,24-,25-,26-,29-/m1/s1. The molecule has 0 spiro atoms. The number of ether oxygens (including phenoxy) is 7. The van der Waals surface area contributed by atoms with Crippen LogP contribution in [0.15, 0.2) is 36.4 Å². The van der Waals surface area contributed by atoms with Gasteiger partial charge in [-0.05, 0) is 31.1 Å². The first-order chi connectivity index (χ1) is 22.8. The van der Waals surface area contributed by atoms with E-state index >= 15 is 0 Å². The van der Waals surface area contributed by atoms with Gasteiger partial charge in [-0.15, -0.1) is 0 Å². The van der Waals surface area contributed by atoms with Crippen LogP contribution in [-0.4, -0.2) is 112 Å². The van der Waals surface area contributed by atoms with Gasteiger partial charge >= 0.3 is 31.7 Å². The molecule has 2 amide bonds. The number of unbranched alkanes of at least 4 members (excludes halogenated alkanes) is 1. The Labute approximate surface area is 276 Å². The number of carbonyl (C=O) groups excluding carboxylic acids is 6. The molecule has 2 heterocycles. The third-order valence-electron chi connectivity index (χ3n) is 7.10. The highest BCUT2D eigenvalue weighted by molar-refractivity contribution is 7.54. The molecule has 3 rings (SSSR count). The molecule has 17 nitrogen and oxygen atoms in total. The summed E-state index contributed by atoms with van der Waals surface area (Å²) < 4.78 is 60.4. The molecule has 0 radical (unpaired) electrons. The van der Waals surface area contributed by atoms with Crippen molar-refractivity contribution in [3.8, 4) is 0 Å². The average Bonchev–Trinajstić information content (AvgIpc) is 3.30. The minimum Gasteiger partial charge on any atom is -0.463 e. The van der Waals surface area contributed by atoms with Crippen LogP contribution in [-0.2, 0) is 61.2 Å². The Morgan fingerprint density at radius 1 is 0.917 bits per heavy atom. The van der Waals surface area contributed by atoms with Crippen molar-refractivity contribution in [1.29, 1.82) is 0 Å². The lowest BCUT2D eigenvalue weighted by Crippen LogP contribution is -2.67. The Kier molecular flexibility index (Phi) is 13.8. The minimum absolute atomic E-state index is 0.0886. The van der Waals surface area contributed by atoms with Gasteiger partial charge in [-0.1, -0.05) is 18.2 Å². The second-order valence-electron chi connectivity index (χ2n) is 10.3. The number of benzene rings is 1. The van der Waals surface area contributed by atoms with Crippen molar-refractivity contribution in [2.75, 3.05) is 34.5 Å². The van der Waals surface area contributed by atoms with Crippen LogP contribution in [0, 0.1) is 0 Å². The summed E-state index contributed by atoms with van der Waals surface area (Å²) in [5, 5.41) is 0. The lowest BCUT2D eigenvalue weighted by atomic mass is 9.94. The van der Waals surface area contributed by atoms with E-state index in [1.807, 2.05) is 0 Å². The zero-order chi connectivity index (χ0) is 35.6. The van der Waals surface area contributed by atoms with E-state index in [2.05, 4.69) is 4.74 Å². The number of hydrogen-bond acceptors (Lipinski definition) is 16. The van der Waals surface area contributed by atoms with Crippen molar-refractivity contribution < 1.29 is 75.5 Å². The summed E-state index contributed by atoms with van der Waals surface area (Å²) >= 11 is 0. The summed E-state index contributed by atoms with van der Waals surface area (Å²) in [6.45, 7) is 2.79. The number of rotatable bonds is 15. The van der Waals surface area contributed by atoms with Crippen molar-refractivity contribution in [3.63, 3.8) is 0 Å². The molecular weight excluding hydrogens is 661 g/mol. The predicted molar refractivity (Wildman–Crippen MR) is 160 cm³/mol. The monoisotopic (exact) mass is 699 g/mol. The molecule has 1 saturated heterocycles. The van der Waals surface area contributed by atoms with Crippen molar-refractivity contribution in [2.45, 2.75) is 70.1 Å². The van der Waals surface area contributed by atoms with Gasteiger partial charge in [-0.2, -0.15) is 0 Å². The van der Waals surface area contributed by atoms with Gasteiger partial charge in [-0.3, -0.25) is 33.4 Å². The van der Waals surface area contributed by atoms with Crippen LogP contribution in [0.1, 0.15) is 54.3 Å². The largest absolute Gasteiger partial charge is 0.509 e. The van der Waals surface area contributed by atoms with Gasteiger partial charge in [0, 0.05) is 35.0 Å². The van der Waals surface area contributed by atoms with Gasteiger partial charge in [0.2, 0.25) is 5.85 Å². The predicted octanol–water partition coefficient (Wildman–Crippen LogP) is 2.75. The van der Waals surface area contributed by atoms with E-state index < -0.39 is 86.6 Å². The van der Waals surface area contributed by atoms with Crippen molar-refractivity contribution in [1.82, 2.24) is 4.90 Å². The summed E-state index contributed by atoms with van der Waals surface area (Å²) in [5.41, 5.74) is 0.180. The van der Waals surface area contributed by atoms with Gasteiger partial charge in [0.05, 0.1) is 24.8 Å². The molecule has 1 fully saturated rings. The fourth-order valence-corrected chi connectivity index (χ4v) is 6.14. The van der Waals surface area contributed by atoms with E-state index in [9.17, 15) is 33.3 Å². The minimum atomic E-state index is -3.89. The molecule has 0 bridgehead atoms.